The van der Waals surface area contributed by atoms with Crippen LogP contribution in [0.2, 0.25) is 0 Å². The second kappa shape index (κ2) is 10.1. The van der Waals surface area contributed by atoms with Gasteiger partial charge in [-0.2, -0.15) is 0 Å². The Morgan fingerprint density at radius 2 is 1.73 bits per heavy atom. The van der Waals surface area contributed by atoms with E-state index in [-0.39, 0.29) is 11.9 Å². The molecule has 1 unspecified atom stereocenters. The average molecular weight is 354 g/mol. The zero-order valence-electron chi connectivity index (χ0n) is 14.9. The summed E-state index contributed by atoms with van der Waals surface area (Å²) in [6.45, 7) is 3.86. The fourth-order valence-corrected chi connectivity index (χ4v) is 2.86. The van der Waals surface area contributed by atoms with E-state index in [2.05, 4.69) is 22.8 Å². The van der Waals surface area contributed by atoms with Crippen LogP contribution < -0.4 is 10.6 Å². The van der Waals surface area contributed by atoms with Crippen LogP contribution in [0.4, 0.5) is 0 Å². The summed E-state index contributed by atoms with van der Waals surface area (Å²) in [5.41, 5.74) is 3.38. The average Bonchev–Trinajstić information content (AvgIpc) is 2.69. The number of hydrogen-bond donors (Lipinski definition) is 2. The van der Waals surface area contributed by atoms with Gasteiger partial charge in [0.2, 0.25) is 5.91 Å². The number of carbonyl (C=O) groups excluding carboxylic acids is 1. The lowest BCUT2D eigenvalue weighted by Gasteiger charge is -2.23. The molecule has 1 aliphatic heterocycles. The van der Waals surface area contributed by atoms with Gasteiger partial charge in [-0.15, -0.1) is 0 Å². The SMILES string of the molecule is O=C(CC1COCCN1)NCc1ccc(COCc2ccccc2)cc1. The van der Waals surface area contributed by atoms with Crippen LogP contribution in [-0.2, 0) is 34.0 Å². The van der Waals surface area contributed by atoms with Crippen molar-refractivity contribution in [3.8, 4) is 0 Å². The first-order valence-electron chi connectivity index (χ1n) is 9.07. The fourth-order valence-electron chi connectivity index (χ4n) is 2.86. The van der Waals surface area contributed by atoms with E-state index < -0.39 is 0 Å². The lowest BCUT2D eigenvalue weighted by molar-refractivity contribution is -0.122. The molecule has 5 nitrogen and oxygen atoms in total. The molecule has 1 amide bonds. The summed E-state index contributed by atoms with van der Waals surface area (Å²) in [6, 6.07) is 18.4. The van der Waals surface area contributed by atoms with Crippen LogP contribution in [0.15, 0.2) is 54.6 Å². The maximum Gasteiger partial charge on any atom is 0.221 e. The number of nitrogens with one attached hydrogen (secondary N) is 2. The summed E-state index contributed by atoms with van der Waals surface area (Å²) in [5.74, 6) is 0.0447. The highest BCUT2D eigenvalue weighted by atomic mass is 16.5. The Morgan fingerprint density at radius 3 is 2.42 bits per heavy atom. The number of carbonyl (C=O) groups is 1. The van der Waals surface area contributed by atoms with E-state index in [4.69, 9.17) is 9.47 Å². The van der Waals surface area contributed by atoms with Crippen molar-refractivity contribution in [2.24, 2.45) is 0 Å². The minimum Gasteiger partial charge on any atom is -0.378 e. The summed E-state index contributed by atoms with van der Waals surface area (Å²) in [4.78, 5) is 12.0. The maximum atomic E-state index is 12.0. The first kappa shape index (κ1) is 18.6. The molecule has 138 valence electrons. The highest BCUT2D eigenvalue weighted by Gasteiger charge is 2.16. The molecule has 0 radical (unpaired) electrons. The van der Waals surface area contributed by atoms with Crippen molar-refractivity contribution in [1.82, 2.24) is 10.6 Å². The molecule has 1 fully saturated rings. The van der Waals surface area contributed by atoms with E-state index in [9.17, 15) is 4.79 Å². The Morgan fingerprint density at radius 1 is 1.04 bits per heavy atom. The molecule has 5 heteroatoms. The summed E-state index contributed by atoms with van der Waals surface area (Å²) < 4.78 is 11.1. The Kier molecular flexibility index (Phi) is 7.19. The van der Waals surface area contributed by atoms with Gasteiger partial charge in [0.15, 0.2) is 0 Å². The molecule has 0 bridgehead atoms. The molecule has 1 saturated heterocycles. The molecule has 1 atom stereocenters. The number of benzene rings is 2. The van der Waals surface area contributed by atoms with Crippen molar-refractivity contribution in [2.45, 2.75) is 32.2 Å². The molecule has 3 rings (SSSR count). The van der Waals surface area contributed by atoms with Gasteiger partial charge < -0.3 is 20.1 Å². The van der Waals surface area contributed by atoms with Gasteiger partial charge in [0, 0.05) is 25.6 Å². The molecule has 0 aliphatic carbocycles. The van der Waals surface area contributed by atoms with Crippen LogP contribution >= 0.6 is 0 Å². The topological polar surface area (TPSA) is 59.6 Å². The number of hydrogen-bond acceptors (Lipinski definition) is 4. The molecular weight excluding hydrogens is 328 g/mol. The van der Waals surface area contributed by atoms with Crippen LogP contribution in [0.3, 0.4) is 0 Å². The fraction of sp³-hybridized carbons (Fsp3) is 0.381. The third kappa shape index (κ3) is 6.26. The Bertz CT molecular complexity index is 667. The van der Waals surface area contributed by atoms with E-state index in [0.717, 1.165) is 24.3 Å². The van der Waals surface area contributed by atoms with Crippen LogP contribution in [0.5, 0.6) is 0 Å². The number of ether oxygens (including phenoxy) is 2. The third-order valence-corrected chi connectivity index (χ3v) is 4.32. The predicted molar refractivity (Wildman–Crippen MR) is 100 cm³/mol. The molecule has 2 N–H and O–H groups in total. The van der Waals surface area contributed by atoms with Gasteiger partial charge in [-0.05, 0) is 16.7 Å². The van der Waals surface area contributed by atoms with E-state index in [0.29, 0.717) is 32.8 Å². The van der Waals surface area contributed by atoms with Gasteiger partial charge in [-0.3, -0.25) is 4.79 Å². The normalized spacial score (nSPS) is 17.0. The molecule has 2 aromatic rings. The molecule has 0 spiro atoms. The Labute approximate surface area is 154 Å². The summed E-state index contributed by atoms with van der Waals surface area (Å²) in [5, 5.41) is 6.25. The smallest absolute Gasteiger partial charge is 0.221 e. The molecular formula is C21H26N2O3. The lowest BCUT2D eigenvalue weighted by atomic mass is 10.1. The summed E-state index contributed by atoms with van der Waals surface area (Å²) in [7, 11) is 0. The van der Waals surface area contributed by atoms with Gasteiger partial charge in [0.05, 0.1) is 26.4 Å². The van der Waals surface area contributed by atoms with Crippen LogP contribution in [0.25, 0.3) is 0 Å². The standard InChI is InChI=1S/C21H26N2O3/c24-21(12-20-16-25-11-10-22-20)23-13-17-6-8-19(9-7-17)15-26-14-18-4-2-1-3-5-18/h1-9,20,22H,10-16H2,(H,23,24). The van der Waals surface area contributed by atoms with Crippen molar-refractivity contribution in [2.75, 3.05) is 19.8 Å². The van der Waals surface area contributed by atoms with Crippen molar-refractivity contribution >= 4 is 5.91 Å². The summed E-state index contributed by atoms with van der Waals surface area (Å²) in [6.07, 6.45) is 0.450. The highest BCUT2D eigenvalue weighted by Crippen LogP contribution is 2.08. The van der Waals surface area contributed by atoms with Crippen molar-refractivity contribution < 1.29 is 14.3 Å². The predicted octanol–water partition coefficient (Wildman–Crippen LogP) is 2.40. The van der Waals surface area contributed by atoms with E-state index in [1.54, 1.807) is 0 Å². The quantitative estimate of drug-likeness (QED) is 0.764. The highest BCUT2D eigenvalue weighted by molar-refractivity contribution is 5.76. The van der Waals surface area contributed by atoms with Gasteiger partial charge in [-0.25, -0.2) is 0 Å². The van der Waals surface area contributed by atoms with Gasteiger partial charge in [0.1, 0.15) is 0 Å². The minimum atomic E-state index is 0.0447. The van der Waals surface area contributed by atoms with E-state index in [1.807, 2.05) is 42.5 Å². The molecule has 1 heterocycles. The van der Waals surface area contributed by atoms with Crippen molar-refractivity contribution in [3.05, 3.63) is 71.3 Å². The second-order valence-corrected chi connectivity index (χ2v) is 6.50. The molecule has 26 heavy (non-hydrogen) atoms. The molecule has 2 aromatic carbocycles. The zero-order chi connectivity index (χ0) is 18.0. The largest absolute Gasteiger partial charge is 0.378 e. The first-order valence-corrected chi connectivity index (χ1v) is 9.07. The number of morpholine rings is 1. The first-order chi connectivity index (χ1) is 12.8. The molecule has 0 saturated carbocycles. The van der Waals surface area contributed by atoms with Crippen LogP contribution in [0.1, 0.15) is 23.1 Å². The van der Waals surface area contributed by atoms with Crippen molar-refractivity contribution in [3.63, 3.8) is 0 Å². The number of rotatable bonds is 8. The maximum absolute atomic E-state index is 12.0. The summed E-state index contributed by atoms with van der Waals surface area (Å²) >= 11 is 0. The van der Waals surface area contributed by atoms with Crippen LogP contribution in [0, 0.1) is 0 Å². The van der Waals surface area contributed by atoms with E-state index >= 15 is 0 Å². The second-order valence-electron chi connectivity index (χ2n) is 6.50. The Balaban J connectivity index is 1.36. The van der Waals surface area contributed by atoms with Gasteiger partial charge in [-0.1, -0.05) is 54.6 Å². The van der Waals surface area contributed by atoms with Crippen LogP contribution in [-0.4, -0.2) is 31.7 Å². The van der Waals surface area contributed by atoms with Gasteiger partial charge in [0.25, 0.3) is 0 Å². The lowest BCUT2D eigenvalue weighted by Crippen LogP contribution is -2.44. The molecule has 0 aromatic heterocycles. The number of amides is 1. The third-order valence-electron chi connectivity index (χ3n) is 4.32. The van der Waals surface area contributed by atoms with E-state index in [1.165, 1.54) is 5.56 Å². The minimum absolute atomic E-state index is 0.0447. The van der Waals surface area contributed by atoms with Gasteiger partial charge >= 0.3 is 0 Å². The Hall–Kier alpha value is -2.21. The molecule has 1 aliphatic rings. The van der Waals surface area contributed by atoms with Crippen molar-refractivity contribution in [1.29, 1.82) is 0 Å². The zero-order valence-corrected chi connectivity index (χ0v) is 14.9. The monoisotopic (exact) mass is 354 g/mol.